The summed E-state index contributed by atoms with van der Waals surface area (Å²) in [5.74, 6) is 6.60. The van der Waals surface area contributed by atoms with Crippen LogP contribution in [0.2, 0.25) is 3.93 Å². The van der Waals surface area contributed by atoms with Crippen molar-refractivity contribution in [2.24, 2.45) is 47.3 Å². The Morgan fingerprint density at radius 1 is 0.396 bits per heavy atom. The third-order valence-corrected chi connectivity index (χ3v) is 18.8. The summed E-state index contributed by atoms with van der Waals surface area (Å²) < 4.78 is 7.40. The van der Waals surface area contributed by atoms with Gasteiger partial charge in [-0.2, -0.15) is 0 Å². The van der Waals surface area contributed by atoms with Gasteiger partial charge in [0, 0.05) is 0 Å². The molecule has 262 valence electrons. The van der Waals surface area contributed by atoms with Crippen LogP contribution in [-0.4, -0.2) is 70.9 Å². The van der Waals surface area contributed by atoms with Gasteiger partial charge in [0.05, 0.1) is 0 Å². The average molecular weight is 764 g/mol. The van der Waals surface area contributed by atoms with Crippen LogP contribution in [0.5, 0.6) is 5.75 Å². The third kappa shape index (κ3) is 5.91. The number of benzene rings is 1. The van der Waals surface area contributed by atoms with Crippen molar-refractivity contribution >= 4 is 21.6 Å². The molecule has 8 bridgehead atoms. The second kappa shape index (κ2) is 13.8. The van der Waals surface area contributed by atoms with E-state index in [1.54, 1.807) is 0 Å². The van der Waals surface area contributed by atoms with Gasteiger partial charge in [-0.15, -0.1) is 0 Å². The minimum absolute atomic E-state index is 0.319. The number of rotatable bonds is 3. The van der Waals surface area contributed by atoms with Gasteiger partial charge in [0.25, 0.3) is 0 Å². The molecule has 9 aliphatic rings. The topological polar surface area (TPSA) is 105 Å². The Morgan fingerprint density at radius 3 is 1.17 bits per heavy atom. The van der Waals surface area contributed by atoms with E-state index in [1.165, 1.54) is 96.3 Å². The summed E-state index contributed by atoms with van der Waals surface area (Å²) in [6, 6.07) is 10.7. The third-order valence-electron chi connectivity index (χ3n) is 15.0. The van der Waals surface area contributed by atoms with Crippen molar-refractivity contribution in [1.82, 2.24) is 42.5 Å². The van der Waals surface area contributed by atoms with Crippen LogP contribution in [-0.2, 0) is 0 Å². The van der Waals surface area contributed by atoms with Crippen molar-refractivity contribution in [3.63, 3.8) is 0 Å². The average Bonchev–Trinajstić information content (AvgIpc) is 3.87. The van der Waals surface area contributed by atoms with Crippen molar-refractivity contribution in [2.45, 2.75) is 150 Å². The molecular weight excluding hydrogens is 703 g/mol. The van der Waals surface area contributed by atoms with Gasteiger partial charge in [-0.05, 0) is 0 Å². The molecule has 4 saturated carbocycles. The maximum absolute atomic E-state index is 6.69. The molecule has 48 heavy (non-hydrogen) atoms. The Hall–Kier alpha value is -0.501. The molecule has 1 aromatic carbocycles. The fourth-order valence-corrected chi connectivity index (χ4v) is 16.7. The molecule has 9 fully saturated rings. The molecule has 8 N–H and O–H groups in total. The molecule has 2 radical (unpaired) electrons. The van der Waals surface area contributed by atoms with E-state index in [1.807, 2.05) is 0 Å². The summed E-state index contributed by atoms with van der Waals surface area (Å²) in [5, 5.41) is 34.3. The van der Waals surface area contributed by atoms with Crippen molar-refractivity contribution < 1.29 is 3.07 Å². The molecule has 10 heteroatoms. The monoisotopic (exact) mass is 764 g/mol. The molecule has 4 aliphatic carbocycles. The maximum atomic E-state index is 6.69. The first-order valence-electron chi connectivity index (χ1n) is 20.3. The van der Waals surface area contributed by atoms with Crippen molar-refractivity contribution in [1.29, 1.82) is 0 Å². The molecule has 9 nitrogen and oxygen atoms in total. The number of hydrogen-bond donors (Lipinski definition) is 8. The molecule has 5 heterocycles. The van der Waals surface area contributed by atoms with E-state index in [2.05, 4.69) is 72.9 Å². The molecular formula is C38H60N8OSn. The van der Waals surface area contributed by atoms with E-state index < -0.39 is 21.6 Å². The van der Waals surface area contributed by atoms with Crippen molar-refractivity contribution in [2.75, 3.05) is 0 Å². The molecule has 1 aromatic rings. The van der Waals surface area contributed by atoms with Crippen LogP contribution in [0.25, 0.3) is 0 Å². The van der Waals surface area contributed by atoms with Gasteiger partial charge in [0.1, 0.15) is 0 Å². The van der Waals surface area contributed by atoms with Gasteiger partial charge in [-0.25, -0.2) is 0 Å². The first-order chi connectivity index (χ1) is 23.8. The Bertz CT molecular complexity index is 1260. The fraction of sp³-hybridized carbons (Fsp3) is 0.842. The molecule has 0 spiro atoms. The summed E-state index contributed by atoms with van der Waals surface area (Å²) in [6.07, 6.45) is 23.3. The number of nitrogens with one attached hydrogen (secondary N) is 8. The van der Waals surface area contributed by atoms with Crippen LogP contribution in [0.15, 0.2) is 30.3 Å². The Balaban J connectivity index is 0.975. The molecule has 10 rings (SSSR count). The zero-order valence-electron chi connectivity index (χ0n) is 28.7. The minimum atomic E-state index is -1.09. The predicted molar refractivity (Wildman–Crippen MR) is 189 cm³/mol. The van der Waals surface area contributed by atoms with E-state index in [0.29, 0.717) is 88.8 Å². The number of fused-ring (bicyclic) bond motifs is 20. The van der Waals surface area contributed by atoms with E-state index in [9.17, 15) is 0 Å². The Labute approximate surface area is 298 Å². The number of para-hydroxylation sites is 1. The van der Waals surface area contributed by atoms with Crippen LogP contribution < -0.4 is 45.6 Å². The van der Waals surface area contributed by atoms with Gasteiger partial charge in [-0.1, -0.05) is 6.42 Å². The van der Waals surface area contributed by atoms with Crippen LogP contribution in [0.1, 0.15) is 96.3 Å². The van der Waals surface area contributed by atoms with Gasteiger partial charge in [0.2, 0.25) is 0 Å². The molecule has 0 aromatic heterocycles. The van der Waals surface area contributed by atoms with E-state index >= 15 is 0 Å². The summed E-state index contributed by atoms with van der Waals surface area (Å²) in [6.45, 7) is 0. The molecule has 5 aliphatic heterocycles. The van der Waals surface area contributed by atoms with Gasteiger partial charge in [-0.3, -0.25) is 0 Å². The SMILES string of the molecule is c1ccc([O][Sn][CH]2CCCC3C4NC5NC(NC6NC(NC7NC(NC(N4)C23)C2CCCCC72)C2CCCCC62)C2CCCCC52)cc1. The zero-order valence-corrected chi connectivity index (χ0v) is 31.6. The second-order valence-corrected chi connectivity index (χ2v) is 20.7. The van der Waals surface area contributed by atoms with E-state index in [0.717, 1.165) is 17.6 Å². The first kappa shape index (κ1) is 32.2. The molecule has 0 amide bonds. The zero-order chi connectivity index (χ0) is 31.6. The summed E-state index contributed by atoms with van der Waals surface area (Å²) in [7, 11) is 0. The van der Waals surface area contributed by atoms with Crippen LogP contribution in [0, 0.1) is 47.3 Å². The van der Waals surface area contributed by atoms with Gasteiger partial charge in [0.15, 0.2) is 0 Å². The van der Waals surface area contributed by atoms with Gasteiger partial charge >= 0.3 is 294 Å². The van der Waals surface area contributed by atoms with Crippen LogP contribution >= 0.6 is 0 Å². The van der Waals surface area contributed by atoms with Crippen molar-refractivity contribution in [3.05, 3.63) is 30.3 Å². The summed E-state index contributed by atoms with van der Waals surface area (Å²) >= 11 is -1.09. The standard InChI is InChI=1S/C32H55N8.C6H6O.Sn/c1-2-10-18-17(9-1)25-33-26(18)38-28-21-13-5-6-14-22(21)30(35-28)40-32-24-16-8-7-15-23(24)31(36-32)39-29-20-12-4-3-11-19(20)27(34-29)37-25;7-6-4-2-1-3-5-6;/h9,17-40H,1-8,10-16H2;1-5,7H;/q;;+1/p-1. The second-order valence-electron chi connectivity index (χ2n) is 17.3. The van der Waals surface area contributed by atoms with Crippen LogP contribution in [0.3, 0.4) is 0 Å². The van der Waals surface area contributed by atoms with Crippen molar-refractivity contribution in [3.8, 4) is 5.75 Å². The quantitative estimate of drug-likeness (QED) is 0.219. The number of hydrogen-bond acceptors (Lipinski definition) is 9. The summed E-state index contributed by atoms with van der Waals surface area (Å²) in [4.78, 5) is 0. The fourth-order valence-electron chi connectivity index (χ4n) is 12.8. The van der Waals surface area contributed by atoms with E-state index in [-0.39, 0.29) is 0 Å². The summed E-state index contributed by atoms with van der Waals surface area (Å²) in [5.41, 5.74) is 0. The molecule has 5 saturated heterocycles. The Morgan fingerprint density at radius 2 is 0.750 bits per heavy atom. The van der Waals surface area contributed by atoms with Gasteiger partial charge < -0.3 is 0 Å². The molecule has 17 unspecified atom stereocenters. The van der Waals surface area contributed by atoms with Crippen LogP contribution in [0.4, 0.5) is 0 Å². The predicted octanol–water partition coefficient (Wildman–Crippen LogP) is 3.70. The van der Waals surface area contributed by atoms with E-state index in [4.69, 9.17) is 3.07 Å². The first-order valence-corrected chi connectivity index (χ1v) is 23.1. The normalized spacial score (nSPS) is 51.4. The molecule has 17 atom stereocenters. The Kier molecular flexibility index (Phi) is 9.25.